The van der Waals surface area contributed by atoms with Crippen LogP contribution >= 0.6 is 15.9 Å². The van der Waals surface area contributed by atoms with E-state index in [1.54, 1.807) is 24.0 Å². The molecule has 3 aliphatic rings. The Morgan fingerprint density at radius 3 is 2.73 bits per heavy atom. The van der Waals surface area contributed by atoms with Gasteiger partial charge in [-0.2, -0.15) is 0 Å². The van der Waals surface area contributed by atoms with Gasteiger partial charge in [0.25, 0.3) is 5.91 Å². The molecule has 1 spiro atoms. The van der Waals surface area contributed by atoms with E-state index in [0.29, 0.717) is 12.8 Å². The number of fused-ring (bicyclic) bond motifs is 1. The Labute approximate surface area is 226 Å². The molecule has 200 valence electrons. The van der Waals surface area contributed by atoms with Crippen LogP contribution in [-0.4, -0.2) is 76.2 Å². The van der Waals surface area contributed by atoms with E-state index in [4.69, 9.17) is 9.47 Å². The fourth-order valence-corrected chi connectivity index (χ4v) is 7.05. The molecule has 2 bridgehead atoms. The lowest BCUT2D eigenvalue weighted by Gasteiger charge is -2.39. The van der Waals surface area contributed by atoms with Crippen molar-refractivity contribution >= 4 is 39.4 Å². The van der Waals surface area contributed by atoms with Crippen LogP contribution in [0.3, 0.4) is 0 Å². The van der Waals surface area contributed by atoms with Gasteiger partial charge in [0.15, 0.2) is 0 Å². The smallest absolute Gasteiger partial charge is 0.312 e. The number of hydrogen-bond acceptors (Lipinski definition) is 6. The monoisotopic (exact) mass is 574 g/mol. The fourth-order valence-electron chi connectivity index (χ4n) is 6.11. The number of aliphatic hydroxyl groups excluding tert-OH is 1. The number of benzene rings is 1. The zero-order chi connectivity index (χ0) is 27.1. The van der Waals surface area contributed by atoms with Crippen LogP contribution in [0.2, 0.25) is 0 Å². The molecule has 8 nitrogen and oxygen atoms in total. The molecule has 3 saturated heterocycles. The molecule has 0 aliphatic carbocycles. The first-order valence-electron chi connectivity index (χ1n) is 12.6. The molecule has 1 aromatic carbocycles. The number of aryl methyl sites for hydroxylation is 2. The van der Waals surface area contributed by atoms with Crippen molar-refractivity contribution in [1.29, 1.82) is 0 Å². The molecule has 2 amide bonds. The summed E-state index contributed by atoms with van der Waals surface area (Å²) >= 11 is 3.65. The summed E-state index contributed by atoms with van der Waals surface area (Å²) in [5.41, 5.74) is 1.38. The van der Waals surface area contributed by atoms with Crippen molar-refractivity contribution in [2.45, 2.75) is 62.2 Å². The van der Waals surface area contributed by atoms with Crippen LogP contribution in [0.25, 0.3) is 0 Å². The Balaban J connectivity index is 1.80. The summed E-state index contributed by atoms with van der Waals surface area (Å²) < 4.78 is 12.0. The van der Waals surface area contributed by atoms with Gasteiger partial charge >= 0.3 is 5.97 Å². The Bertz CT molecular complexity index is 1110. The maximum Gasteiger partial charge on any atom is 0.312 e. The SMILES string of the molecule is C=CCCOC(=O)[C@H]1[C@H]2C(=O)N([C@H](C)CO)C(C(=O)N(CC=C)c3cc(C)ccc3C)C23CC(Br)[C@@H]1O3. The number of hydrogen-bond donors (Lipinski definition) is 1. The third-order valence-electron chi connectivity index (χ3n) is 7.77. The highest BCUT2D eigenvalue weighted by atomic mass is 79.9. The minimum absolute atomic E-state index is 0.158. The average molecular weight is 576 g/mol. The Kier molecular flexibility index (Phi) is 7.97. The van der Waals surface area contributed by atoms with Crippen molar-refractivity contribution < 1.29 is 29.0 Å². The van der Waals surface area contributed by atoms with E-state index in [-0.39, 0.29) is 36.4 Å². The van der Waals surface area contributed by atoms with Crippen molar-refractivity contribution in [2.75, 3.05) is 24.7 Å². The summed E-state index contributed by atoms with van der Waals surface area (Å²) in [7, 11) is 0. The summed E-state index contributed by atoms with van der Waals surface area (Å²) in [5, 5.41) is 10.1. The van der Waals surface area contributed by atoms with Gasteiger partial charge in [-0.1, -0.05) is 40.2 Å². The molecular weight excluding hydrogens is 540 g/mol. The van der Waals surface area contributed by atoms with Gasteiger partial charge in [0.05, 0.1) is 37.2 Å². The van der Waals surface area contributed by atoms with Gasteiger partial charge in [-0.25, -0.2) is 0 Å². The molecule has 3 heterocycles. The minimum atomic E-state index is -1.23. The van der Waals surface area contributed by atoms with E-state index in [1.807, 2.05) is 32.0 Å². The lowest BCUT2D eigenvalue weighted by Crippen LogP contribution is -2.59. The number of rotatable bonds is 10. The molecule has 3 unspecified atom stereocenters. The van der Waals surface area contributed by atoms with Gasteiger partial charge in [-0.05, 0) is 50.8 Å². The lowest BCUT2D eigenvalue weighted by atomic mass is 9.70. The first kappa shape index (κ1) is 27.5. The van der Waals surface area contributed by atoms with E-state index >= 15 is 0 Å². The van der Waals surface area contributed by atoms with E-state index in [1.165, 1.54) is 4.90 Å². The van der Waals surface area contributed by atoms with E-state index in [0.717, 1.165) is 16.8 Å². The van der Waals surface area contributed by atoms with Gasteiger partial charge in [-0.3, -0.25) is 14.4 Å². The van der Waals surface area contributed by atoms with Gasteiger partial charge in [-0.15, -0.1) is 13.2 Å². The minimum Gasteiger partial charge on any atom is -0.465 e. The first-order chi connectivity index (χ1) is 17.6. The average Bonchev–Trinajstić information content (AvgIpc) is 3.46. The number of anilines is 1. The van der Waals surface area contributed by atoms with Gasteiger partial charge in [0.1, 0.15) is 11.6 Å². The highest BCUT2D eigenvalue weighted by molar-refractivity contribution is 9.09. The maximum absolute atomic E-state index is 14.5. The van der Waals surface area contributed by atoms with Crippen LogP contribution < -0.4 is 4.90 Å². The number of alkyl halides is 1. The second kappa shape index (κ2) is 10.7. The largest absolute Gasteiger partial charge is 0.465 e. The predicted octanol–water partition coefficient (Wildman–Crippen LogP) is 3.07. The molecule has 3 aliphatic heterocycles. The number of aliphatic hydroxyl groups is 1. The van der Waals surface area contributed by atoms with Crippen LogP contribution in [0.4, 0.5) is 5.69 Å². The quantitative estimate of drug-likeness (QED) is 0.200. The number of carbonyl (C=O) groups excluding carboxylic acids is 3. The van der Waals surface area contributed by atoms with Crippen molar-refractivity contribution in [2.24, 2.45) is 11.8 Å². The third kappa shape index (κ3) is 4.45. The molecule has 0 radical (unpaired) electrons. The summed E-state index contributed by atoms with van der Waals surface area (Å²) in [6.45, 7) is 13.1. The van der Waals surface area contributed by atoms with Gasteiger partial charge in [0.2, 0.25) is 5.91 Å². The number of nitrogens with zero attached hydrogens (tertiary/aromatic N) is 2. The zero-order valence-electron chi connectivity index (χ0n) is 21.6. The van der Waals surface area contributed by atoms with Crippen LogP contribution in [0, 0.1) is 25.7 Å². The number of carbonyl (C=O) groups is 3. The lowest BCUT2D eigenvalue weighted by molar-refractivity contribution is -0.155. The zero-order valence-corrected chi connectivity index (χ0v) is 23.1. The van der Waals surface area contributed by atoms with Gasteiger partial charge < -0.3 is 24.4 Å². The Morgan fingerprint density at radius 1 is 1.35 bits per heavy atom. The summed E-state index contributed by atoms with van der Waals surface area (Å²) in [5.74, 6) is -2.94. The molecule has 0 aromatic heterocycles. The van der Waals surface area contributed by atoms with Crippen LogP contribution in [0.15, 0.2) is 43.5 Å². The standard InChI is InChI=1S/C28H35BrN2O6/c1-6-8-12-36-27(35)21-22-25(33)31(18(5)15-32)24(28(22)14-19(29)23(21)37-28)26(34)30(11-7-2)20-13-16(3)9-10-17(20)4/h6-7,9-10,13,18-19,21-24,32H,1-2,8,11-12,14-15H2,3-5H3/t18-,19?,21+,22+,23+,24?,28?/m1/s1. The molecule has 4 rings (SSSR count). The number of ether oxygens (including phenoxy) is 2. The number of likely N-dealkylation sites (tertiary alicyclic amines) is 1. The number of halogens is 1. The molecular formula is C28H35BrN2O6. The topological polar surface area (TPSA) is 96.4 Å². The van der Waals surface area contributed by atoms with Crippen LogP contribution in [0.5, 0.6) is 0 Å². The first-order valence-corrected chi connectivity index (χ1v) is 13.6. The second-order valence-corrected chi connectivity index (χ2v) is 11.4. The highest BCUT2D eigenvalue weighted by Gasteiger charge is 2.77. The third-order valence-corrected chi connectivity index (χ3v) is 8.62. The van der Waals surface area contributed by atoms with Crippen LogP contribution in [-0.2, 0) is 23.9 Å². The maximum atomic E-state index is 14.5. The van der Waals surface area contributed by atoms with Crippen molar-refractivity contribution in [3.8, 4) is 0 Å². The molecule has 37 heavy (non-hydrogen) atoms. The van der Waals surface area contributed by atoms with Crippen molar-refractivity contribution in [1.82, 2.24) is 4.90 Å². The number of esters is 1. The molecule has 9 heteroatoms. The summed E-state index contributed by atoms with van der Waals surface area (Å²) in [4.78, 5) is 44.5. The second-order valence-electron chi connectivity index (χ2n) is 10.2. The molecule has 3 fully saturated rings. The Hall–Kier alpha value is -2.49. The van der Waals surface area contributed by atoms with Crippen molar-refractivity contribution in [3.05, 3.63) is 54.6 Å². The summed E-state index contributed by atoms with van der Waals surface area (Å²) in [6.07, 6.45) is 3.57. The summed E-state index contributed by atoms with van der Waals surface area (Å²) in [6, 6.07) is 4.18. The highest BCUT2D eigenvalue weighted by Crippen LogP contribution is 2.60. The Morgan fingerprint density at radius 2 is 2.08 bits per heavy atom. The van der Waals surface area contributed by atoms with Crippen LogP contribution in [0.1, 0.15) is 30.9 Å². The van der Waals surface area contributed by atoms with E-state index in [2.05, 4.69) is 29.1 Å². The molecule has 1 aromatic rings. The fraction of sp³-hybridized carbons (Fsp3) is 0.536. The number of amides is 2. The molecule has 1 N–H and O–H groups in total. The van der Waals surface area contributed by atoms with Crippen molar-refractivity contribution in [3.63, 3.8) is 0 Å². The van der Waals surface area contributed by atoms with E-state index in [9.17, 15) is 19.5 Å². The molecule has 0 saturated carbocycles. The normalized spacial score (nSPS) is 30.7. The van der Waals surface area contributed by atoms with E-state index < -0.39 is 41.6 Å². The van der Waals surface area contributed by atoms with Gasteiger partial charge in [0, 0.05) is 17.1 Å². The molecule has 7 atom stereocenters. The predicted molar refractivity (Wildman–Crippen MR) is 143 cm³/mol.